The number of rotatable bonds is 2. The fourth-order valence-electron chi connectivity index (χ4n) is 1.70. The first kappa shape index (κ1) is 14.1. The second kappa shape index (κ2) is 7.95. The van der Waals surface area contributed by atoms with E-state index in [9.17, 15) is 4.79 Å². The molecule has 0 atom stereocenters. The zero-order chi connectivity index (χ0) is 14.0. The first-order chi connectivity index (χ1) is 9.90. The van der Waals surface area contributed by atoms with Gasteiger partial charge in [-0.25, -0.2) is 4.79 Å². The van der Waals surface area contributed by atoms with Crippen molar-refractivity contribution in [1.82, 2.24) is 0 Å². The second-order valence-corrected chi connectivity index (χ2v) is 5.54. The number of nitrogens with zero attached hydrogens (tertiary/aromatic N) is 1. The van der Waals surface area contributed by atoms with Gasteiger partial charge in [0.05, 0.1) is 0 Å². The Bertz CT molecular complexity index is 579. The summed E-state index contributed by atoms with van der Waals surface area (Å²) >= 11 is -0.605. The summed E-state index contributed by atoms with van der Waals surface area (Å²) in [7, 11) is 0. The maximum Gasteiger partial charge on any atom is 0.246 e. The van der Waals surface area contributed by atoms with Gasteiger partial charge in [-0.05, 0) is 21.9 Å². The van der Waals surface area contributed by atoms with Crippen LogP contribution in [0.1, 0.15) is 0 Å². The summed E-state index contributed by atoms with van der Waals surface area (Å²) in [5.74, 6) is 0. The lowest BCUT2D eigenvalue weighted by atomic mass is 10.1. The van der Waals surface area contributed by atoms with Crippen LogP contribution in [-0.4, -0.2) is 6.08 Å². The Morgan fingerprint density at radius 1 is 0.750 bits per heavy atom. The third-order valence-corrected chi connectivity index (χ3v) is 3.89. The molecule has 0 unspecified atom stereocenters. The van der Waals surface area contributed by atoms with Crippen LogP contribution in [0.5, 0.6) is 0 Å². The van der Waals surface area contributed by atoms with Crippen LogP contribution in [0, 0.1) is 0 Å². The molecule has 0 fully saturated rings. The molecule has 0 amide bonds. The van der Waals surface area contributed by atoms with E-state index < -0.39 is 11.1 Å². The summed E-state index contributed by atoms with van der Waals surface area (Å²) in [6.45, 7) is 0. The topological polar surface area (TPSA) is 29.4 Å². The quantitative estimate of drug-likeness (QED) is 0.485. The summed E-state index contributed by atoms with van der Waals surface area (Å²) in [4.78, 5) is 9.62. The lowest BCUT2D eigenvalue weighted by Gasteiger charge is -1.98. The summed E-state index contributed by atoms with van der Waals surface area (Å²) in [5, 5.41) is 3.78. The van der Waals surface area contributed by atoms with E-state index in [0.29, 0.717) is 0 Å². The molecule has 2 nitrogen and oxygen atoms in total. The highest BCUT2D eigenvalue weighted by molar-refractivity contribution is 8.21. The van der Waals surface area contributed by atoms with Gasteiger partial charge in [-0.3, -0.25) is 0 Å². The van der Waals surface area contributed by atoms with Crippen LogP contribution >= 0.6 is 11.1 Å². The van der Waals surface area contributed by atoms with E-state index in [2.05, 4.69) is 52.9 Å². The molecule has 100 valence electrons. The van der Waals surface area contributed by atoms with Crippen LogP contribution in [0.2, 0.25) is 0 Å². The zero-order valence-corrected chi connectivity index (χ0v) is 11.8. The smallest absolute Gasteiger partial charge is 0.210 e. The number of carbonyl (C=O) groups excluding carboxylic acids is 1. The van der Waals surface area contributed by atoms with Crippen molar-refractivity contribution in [2.24, 2.45) is 4.40 Å². The van der Waals surface area contributed by atoms with Crippen LogP contribution in [0.3, 0.4) is 0 Å². The largest absolute Gasteiger partial charge is 0.246 e. The first-order valence-electron chi connectivity index (χ1n) is 6.22. The van der Waals surface area contributed by atoms with Crippen LogP contribution in [0.4, 0.5) is 0 Å². The van der Waals surface area contributed by atoms with Gasteiger partial charge in [0, 0.05) is 0 Å². The molecule has 0 saturated heterocycles. The minimum absolute atomic E-state index is 0.605. The Kier molecular flexibility index (Phi) is 5.59. The van der Waals surface area contributed by atoms with Crippen molar-refractivity contribution in [3.63, 3.8) is 0 Å². The van der Waals surface area contributed by atoms with E-state index in [-0.39, 0.29) is 0 Å². The minimum atomic E-state index is -0.605. The normalized spacial score (nSPS) is 13.3. The molecule has 1 aliphatic heterocycles. The van der Waals surface area contributed by atoms with Crippen molar-refractivity contribution in [3.8, 4) is 11.1 Å². The van der Waals surface area contributed by atoms with Crippen LogP contribution < -0.4 is 0 Å². The van der Waals surface area contributed by atoms with Crippen molar-refractivity contribution in [3.05, 3.63) is 83.6 Å². The molecule has 2 aromatic rings. The lowest BCUT2D eigenvalue weighted by molar-refractivity contribution is 0.566. The minimum Gasteiger partial charge on any atom is -0.210 e. The van der Waals surface area contributed by atoms with Crippen LogP contribution in [0.15, 0.2) is 88.0 Å². The Morgan fingerprint density at radius 2 is 1.20 bits per heavy atom. The second-order valence-electron chi connectivity index (χ2n) is 3.99. The number of isocyanates is 1. The molecule has 1 aliphatic rings. The molecule has 3 rings (SSSR count). The van der Waals surface area contributed by atoms with E-state index >= 15 is 0 Å². The highest BCUT2D eigenvalue weighted by Crippen LogP contribution is 2.32. The van der Waals surface area contributed by atoms with Gasteiger partial charge in [-0.1, -0.05) is 72.8 Å². The van der Waals surface area contributed by atoms with Crippen molar-refractivity contribution in [2.75, 3.05) is 0 Å². The van der Waals surface area contributed by atoms with Crippen molar-refractivity contribution >= 4 is 17.2 Å². The number of hydrogen-bond donors (Lipinski definition) is 1. The molecule has 0 saturated carbocycles. The van der Waals surface area contributed by atoms with Crippen molar-refractivity contribution < 1.29 is 4.79 Å². The first-order valence-corrected chi connectivity index (χ1v) is 7.65. The predicted molar refractivity (Wildman–Crippen MR) is 87.3 cm³/mol. The van der Waals surface area contributed by atoms with Crippen LogP contribution in [0.25, 0.3) is 11.1 Å². The van der Waals surface area contributed by atoms with Gasteiger partial charge in [0.15, 0.2) is 0 Å². The Balaban J connectivity index is 0.000000160. The average molecular weight is 281 g/mol. The standard InChI is InChI=1S/C12H10.C5H5NOS/c1-3-7-11(8-4-1)12-9-5-2-6-10-12;7-5-6-8-3-1-2-4-8/h1-10H;1-4,8H. The summed E-state index contributed by atoms with van der Waals surface area (Å²) in [5.41, 5.74) is 2.55. The summed E-state index contributed by atoms with van der Waals surface area (Å²) in [6, 6.07) is 20.8. The van der Waals surface area contributed by atoms with E-state index in [0.717, 1.165) is 0 Å². The number of allylic oxidation sites excluding steroid dienone is 2. The molecule has 2 aromatic carbocycles. The van der Waals surface area contributed by atoms with Gasteiger partial charge in [0.25, 0.3) is 0 Å². The Morgan fingerprint density at radius 3 is 1.60 bits per heavy atom. The Labute approximate surface area is 121 Å². The molecular formula is C17H15NOS. The van der Waals surface area contributed by atoms with Crippen LogP contribution in [-0.2, 0) is 4.79 Å². The van der Waals surface area contributed by atoms with Gasteiger partial charge in [-0.15, -0.1) is 11.1 Å². The molecule has 0 aromatic heterocycles. The SMILES string of the molecule is O=C=N[SH]1C=CC=C1.c1ccc(-c2ccccc2)cc1. The maximum absolute atomic E-state index is 9.62. The van der Waals surface area contributed by atoms with Gasteiger partial charge in [0.1, 0.15) is 0 Å². The molecule has 0 bridgehead atoms. The molecule has 1 heterocycles. The molecule has 3 heteroatoms. The molecule has 20 heavy (non-hydrogen) atoms. The molecule has 0 radical (unpaired) electrons. The van der Waals surface area contributed by atoms with Crippen molar-refractivity contribution in [1.29, 1.82) is 0 Å². The average Bonchev–Trinajstić information content (AvgIpc) is 3.03. The molecule has 0 aliphatic carbocycles. The summed E-state index contributed by atoms with van der Waals surface area (Å²) < 4.78 is 3.51. The summed E-state index contributed by atoms with van der Waals surface area (Å²) in [6.07, 6.45) is 5.27. The van der Waals surface area contributed by atoms with E-state index in [1.807, 2.05) is 35.1 Å². The third kappa shape index (κ3) is 4.39. The van der Waals surface area contributed by atoms with Gasteiger partial charge in [-0.2, -0.15) is 4.40 Å². The molecule has 0 spiro atoms. The maximum atomic E-state index is 9.62. The third-order valence-electron chi connectivity index (χ3n) is 2.63. The van der Waals surface area contributed by atoms with E-state index in [4.69, 9.17) is 0 Å². The van der Waals surface area contributed by atoms with Gasteiger partial charge >= 0.3 is 0 Å². The Hall–Kier alpha value is -2.35. The van der Waals surface area contributed by atoms with E-state index in [1.54, 1.807) is 0 Å². The molecular weight excluding hydrogens is 266 g/mol. The highest BCUT2D eigenvalue weighted by Gasteiger charge is 1.92. The van der Waals surface area contributed by atoms with E-state index in [1.165, 1.54) is 17.2 Å². The zero-order valence-electron chi connectivity index (χ0n) is 10.9. The number of hydrogen-bond acceptors (Lipinski definition) is 2. The predicted octanol–water partition coefficient (Wildman–Crippen LogP) is 4.63. The number of thiol groups is 1. The van der Waals surface area contributed by atoms with Crippen molar-refractivity contribution in [2.45, 2.75) is 0 Å². The highest BCUT2D eigenvalue weighted by atomic mass is 32.2. The molecule has 0 N–H and O–H groups in total. The van der Waals surface area contributed by atoms with Gasteiger partial charge < -0.3 is 0 Å². The van der Waals surface area contributed by atoms with Gasteiger partial charge in [0.2, 0.25) is 6.08 Å². The fourth-order valence-corrected chi connectivity index (χ4v) is 2.58. The number of benzene rings is 2. The monoisotopic (exact) mass is 281 g/mol. The fraction of sp³-hybridized carbons (Fsp3) is 0. The lowest BCUT2D eigenvalue weighted by Crippen LogP contribution is -1.73.